The third-order valence-electron chi connectivity index (χ3n) is 2.02. The standard InChI is InChI=1S/C11H10FNS/c1-7-11(14-8(2)13-7)9-5-3-4-6-10(9)12/h3-6H,1-2H3. The summed E-state index contributed by atoms with van der Waals surface area (Å²) in [5, 5.41) is 0.973. The molecule has 1 nitrogen and oxygen atoms in total. The highest BCUT2D eigenvalue weighted by Gasteiger charge is 2.10. The van der Waals surface area contributed by atoms with Crippen molar-refractivity contribution in [3.8, 4) is 10.4 Å². The fourth-order valence-corrected chi connectivity index (χ4v) is 2.37. The van der Waals surface area contributed by atoms with Gasteiger partial charge in [0.2, 0.25) is 0 Å². The van der Waals surface area contributed by atoms with Gasteiger partial charge in [-0.2, -0.15) is 0 Å². The molecular formula is C11H10FNS. The minimum absolute atomic E-state index is 0.181. The molecule has 0 unspecified atom stereocenters. The lowest BCUT2D eigenvalue weighted by Gasteiger charge is -1.99. The van der Waals surface area contributed by atoms with Gasteiger partial charge in [0, 0.05) is 5.56 Å². The molecule has 2 aromatic rings. The molecule has 72 valence electrons. The van der Waals surface area contributed by atoms with Gasteiger partial charge < -0.3 is 0 Å². The summed E-state index contributed by atoms with van der Waals surface area (Å²) in [6.07, 6.45) is 0. The van der Waals surface area contributed by atoms with Gasteiger partial charge >= 0.3 is 0 Å². The maximum absolute atomic E-state index is 13.4. The number of thiazole rings is 1. The van der Waals surface area contributed by atoms with Gasteiger partial charge in [-0.25, -0.2) is 9.37 Å². The molecule has 0 aliphatic heterocycles. The molecule has 1 aromatic heterocycles. The van der Waals surface area contributed by atoms with E-state index in [9.17, 15) is 4.39 Å². The first-order valence-corrected chi connectivity index (χ1v) is 5.19. The van der Waals surface area contributed by atoms with Gasteiger partial charge in [0.05, 0.1) is 15.6 Å². The molecule has 0 amide bonds. The summed E-state index contributed by atoms with van der Waals surface area (Å²) in [6, 6.07) is 6.80. The first-order chi connectivity index (χ1) is 6.68. The van der Waals surface area contributed by atoms with Crippen molar-refractivity contribution < 1.29 is 4.39 Å². The molecule has 0 spiro atoms. The summed E-state index contributed by atoms with van der Waals surface area (Å²) in [5.74, 6) is -0.181. The van der Waals surface area contributed by atoms with Crippen molar-refractivity contribution in [2.45, 2.75) is 13.8 Å². The Kier molecular flexibility index (Phi) is 2.33. The maximum atomic E-state index is 13.4. The van der Waals surface area contributed by atoms with Crippen LogP contribution < -0.4 is 0 Å². The van der Waals surface area contributed by atoms with Crippen molar-refractivity contribution >= 4 is 11.3 Å². The summed E-state index contributed by atoms with van der Waals surface area (Å²) in [6.45, 7) is 3.84. The molecule has 1 heterocycles. The summed E-state index contributed by atoms with van der Waals surface area (Å²) in [4.78, 5) is 5.21. The second-order valence-corrected chi connectivity index (χ2v) is 4.33. The summed E-state index contributed by atoms with van der Waals surface area (Å²) < 4.78 is 13.4. The molecule has 0 aliphatic rings. The summed E-state index contributed by atoms with van der Waals surface area (Å²) in [5.41, 5.74) is 1.55. The third kappa shape index (κ3) is 1.55. The Balaban J connectivity index is 2.60. The van der Waals surface area contributed by atoms with Crippen LogP contribution in [0.4, 0.5) is 4.39 Å². The summed E-state index contributed by atoms with van der Waals surface area (Å²) in [7, 11) is 0. The smallest absolute Gasteiger partial charge is 0.131 e. The Morgan fingerprint density at radius 2 is 1.93 bits per heavy atom. The van der Waals surface area contributed by atoms with E-state index in [0.717, 1.165) is 15.6 Å². The zero-order valence-electron chi connectivity index (χ0n) is 8.04. The van der Waals surface area contributed by atoms with E-state index in [0.29, 0.717) is 5.56 Å². The average Bonchev–Trinajstić information content (AvgIpc) is 2.46. The largest absolute Gasteiger partial charge is 0.246 e. The predicted molar refractivity (Wildman–Crippen MR) is 57.0 cm³/mol. The Morgan fingerprint density at radius 3 is 2.50 bits per heavy atom. The van der Waals surface area contributed by atoms with Crippen LogP contribution in [0.2, 0.25) is 0 Å². The van der Waals surface area contributed by atoms with Gasteiger partial charge in [-0.15, -0.1) is 11.3 Å². The molecule has 1 aromatic carbocycles. The first kappa shape index (κ1) is 9.34. The van der Waals surface area contributed by atoms with E-state index in [2.05, 4.69) is 4.98 Å². The Morgan fingerprint density at radius 1 is 1.21 bits per heavy atom. The van der Waals surface area contributed by atoms with Crippen molar-refractivity contribution in [2.24, 2.45) is 0 Å². The van der Waals surface area contributed by atoms with Crippen LogP contribution >= 0.6 is 11.3 Å². The van der Waals surface area contributed by atoms with Crippen molar-refractivity contribution in [1.82, 2.24) is 4.98 Å². The lowest BCUT2D eigenvalue weighted by Crippen LogP contribution is -1.82. The lowest BCUT2D eigenvalue weighted by atomic mass is 10.1. The fraction of sp³-hybridized carbons (Fsp3) is 0.182. The van der Waals surface area contributed by atoms with Crippen LogP contribution in [-0.2, 0) is 0 Å². The molecule has 0 radical (unpaired) electrons. The van der Waals surface area contributed by atoms with Gasteiger partial charge in [0.1, 0.15) is 5.82 Å². The number of hydrogen-bond donors (Lipinski definition) is 0. The number of rotatable bonds is 1. The van der Waals surface area contributed by atoms with Gasteiger partial charge in [0.15, 0.2) is 0 Å². The van der Waals surface area contributed by atoms with E-state index in [4.69, 9.17) is 0 Å². The van der Waals surface area contributed by atoms with Gasteiger partial charge in [-0.05, 0) is 19.9 Å². The van der Waals surface area contributed by atoms with Gasteiger partial charge in [-0.3, -0.25) is 0 Å². The van der Waals surface area contributed by atoms with E-state index in [1.807, 2.05) is 19.9 Å². The minimum Gasteiger partial charge on any atom is -0.246 e. The SMILES string of the molecule is Cc1nc(C)c(-c2ccccc2F)s1. The topological polar surface area (TPSA) is 12.9 Å². The fourth-order valence-electron chi connectivity index (χ4n) is 1.43. The number of hydrogen-bond acceptors (Lipinski definition) is 2. The molecule has 0 saturated carbocycles. The Bertz CT molecular complexity index is 462. The highest BCUT2D eigenvalue weighted by Crippen LogP contribution is 2.31. The van der Waals surface area contributed by atoms with E-state index in [1.165, 1.54) is 17.4 Å². The molecule has 0 fully saturated rings. The minimum atomic E-state index is -0.181. The van der Waals surface area contributed by atoms with Crippen LogP contribution in [0, 0.1) is 19.7 Å². The van der Waals surface area contributed by atoms with Gasteiger partial charge in [-0.1, -0.05) is 18.2 Å². The molecule has 0 N–H and O–H groups in total. The Labute approximate surface area is 86.2 Å². The molecule has 3 heteroatoms. The van der Waals surface area contributed by atoms with Crippen molar-refractivity contribution in [3.63, 3.8) is 0 Å². The molecule has 0 atom stereocenters. The highest BCUT2D eigenvalue weighted by molar-refractivity contribution is 7.15. The second-order valence-electron chi connectivity index (χ2n) is 3.13. The van der Waals surface area contributed by atoms with Crippen LogP contribution in [0.15, 0.2) is 24.3 Å². The van der Waals surface area contributed by atoms with E-state index >= 15 is 0 Å². The number of benzene rings is 1. The normalized spacial score (nSPS) is 10.5. The summed E-state index contributed by atoms with van der Waals surface area (Å²) >= 11 is 1.53. The Hall–Kier alpha value is -1.22. The highest BCUT2D eigenvalue weighted by atomic mass is 32.1. The second kappa shape index (κ2) is 3.50. The van der Waals surface area contributed by atoms with Crippen molar-refractivity contribution in [1.29, 1.82) is 0 Å². The number of nitrogens with zero attached hydrogens (tertiary/aromatic N) is 1. The average molecular weight is 207 g/mol. The van der Waals surface area contributed by atoms with Crippen molar-refractivity contribution in [2.75, 3.05) is 0 Å². The molecule has 14 heavy (non-hydrogen) atoms. The van der Waals surface area contributed by atoms with Crippen LogP contribution in [0.25, 0.3) is 10.4 Å². The number of halogens is 1. The predicted octanol–water partition coefficient (Wildman–Crippen LogP) is 3.57. The number of aromatic nitrogens is 1. The lowest BCUT2D eigenvalue weighted by molar-refractivity contribution is 0.631. The van der Waals surface area contributed by atoms with Crippen LogP contribution in [0.1, 0.15) is 10.7 Å². The molecule has 0 aliphatic carbocycles. The van der Waals surface area contributed by atoms with Crippen molar-refractivity contribution in [3.05, 3.63) is 40.8 Å². The van der Waals surface area contributed by atoms with E-state index in [1.54, 1.807) is 12.1 Å². The number of aryl methyl sites for hydroxylation is 2. The molecule has 0 bridgehead atoms. The van der Waals surface area contributed by atoms with Crippen LogP contribution in [0.5, 0.6) is 0 Å². The zero-order chi connectivity index (χ0) is 10.1. The van der Waals surface area contributed by atoms with E-state index in [-0.39, 0.29) is 5.82 Å². The molecule has 0 saturated heterocycles. The zero-order valence-corrected chi connectivity index (χ0v) is 8.86. The van der Waals surface area contributed by atoms with Gasteiger partial charge in [0.25, 0.3) is 0 Å². The van der Waals surface area contributed by atoms with Crippen LogP contribution in [-0.4, -0.2) is 4.98 Å². The quantitative estimate of drug-likeness (QED) is 0.696. The molecular weight excluding hydrogens is 197 g/mol. The molecule has 2 rings (SSSR count). The monoisotopic (exact) mass is 207 g/mol. The first-order valence-electron chi connectivity index (χ1n) is 4.37. The maximum Gasteiger partial charge on any atom is 0.131 e. The van der Waals surface area contributed by atoms with E-state index < -0.39 is 0 Å². The third-order valence-corrected chi connectivity index (χ3v) is 3.13. The van der Waals surface area contributed by atoms with Crippen LogP contribution in [0.3, 0.4) is 0 Å².